The molecule has 0 heterocycles. The van der Waals surface area contributed by atoms with Crippen LogP contribution in [0, 0.1) is 0 Å². The highest BCUT2D eigenvalue weighted by molar-refractivity contribution is 5.47. The Morgan fingerprint density at radius 3 is 1.20 bits per heavy atom. The molecular formula is C23H34N2. The Hall–Kier alpha value is -1.96. The molecule has 136 valence electrons. The van der Waals surface area contributed by atoms with Crippen LogP contribution in [0.3, 0.4) is 0 Å². The Balaban J connectivity index is 1.82. The van der Waals surface area contributed by atoms with Gasteiger partial charge in [-0.05, 0) is 60.1 Å². The van der Waals surface area contributed by atoms with E-state index in [0.717, 1.165) is 0 Å². The van der Waals surface area contributed by atoms with Crippen LogP contribution >= 0.6 is 0 Å². The van der Waals surface area contributed by atoms with Crippen LogP contribution in [-0.2, 0) is 0 Å². The fourth-order valence-electron chi connectivity index (χ4n) is 3.27. The lowest BCUT2D eigenvalue weighted by atomic mass is 9.90. The largest absolute Gasteiger partial charge is 0.378 e. The quantitative estimate of drug-likeness (QED) is 0.591. The molecule has 2 atom stereocenters. The van der Waals surface area contributed by atoms with Crippen LogP contribution in [0.5, 0.6) is 0 Å². The molecule has 2 nitrogen and oxygen atoms in total. The smallest absolute Gasteiger partial charge is 0.0361 e. The maximum atomic E-state index is 2.35. The van der Waals surface area contributed by atoms with E-state index >= 15 is 0 Å². The number of anilines is 2. The molecule has 2 aromatic rings. The Morgan fingerprint density at radius 1 is 0.600 bits per heavy atom. The monoisotopic (exact) mass is 338 g/mol. The molecule has 2 rings (SSSR count). The van der Waals surface area contributed by atoms with Gasteiger partial charge in [0.05, 0.1) is 0 Å². The maximum absolute atomic E-state index is 2.35. The summed E-state index contributed by atoms with van der Waals surface area (Å²) in [6, 6.07) is 18.0. The molecular weight excluding hydrogens is 304 g/mol. The first-order valence-electron chi connectivity index (χ1n) is 9.43. The van der Waals surface area contributed by atoms with E-state index in [1.807, 2.05) is 0 Å². The first kappa shape index (κ1) is 19.4. The molecule has 0 saturated carbocycles. The van der Waals surface area contributed by atoms with Gasteiger partial charge in [0.1, 0.15) is 0 Å². The topological polar surface area (TPSA) is 6.48 Å². The van der Waals surface area contributed by atoms with E-state index in [2.05, 4.69) is 100 Å². The third-order valence-electron chi connectivity index (χ3n) is 5.23. The van der Waals surface area contributed by atoms with Gasteiger partial charge in [-0.2, -0.15) is 0 Å². The normalized spacial score (nSPS) is 13.4. The van der Waals surface area contributed by atoms with Crippen molar-refractivity contribution in [2.45, 2.75) is 44.9 Å². The second-order valence-electron chi connectivity index (χ2n) is 7.70. The van der Waals surface area contributed by atoms with Crippen molar-refractivity contribution in [2.75, 3.05) is 38.0 Å². The first-order valence-corrected chi connectivity index (χ1v) is 9.43. The van der Waals surface area contributed by atoms with E-state index in [9.17, 15) is 0 Å². The predicted octanol–water partition coefficient (Wildman–Crippen LogP) is 5.90. The minimum Gasteiger partial charge on any atom is -0.378 e. The van der Waals surface area contributed by atoms with Gasteiger partial charge in [0.25, 0.3) is 0 Å². The van der Waals surface area contributed by atoms with E-state index in [1.54, 1.807) is 0 Å². The molecule has 0 spiro atoms. The van der Waals surface area contributed by atoms with Crippen LogP contribution in [0.2, 0.25) is 0 Å². The van der Waals surface area contributed by atoms with Crippen LogP contribution in [0.4, 0.5) is 11.4 Å². The fourth-order valence-corrected chi connectivity index (χ4v) is 3.27. The van der Waals surface area contributed by atoms with Gasteiger partial charge < -0.3 is 9.80 Å². The zero-order valence-corrected chi connectivity index (χ0v) is 16.8. The minimum atomic E-state index is 0.625. The second kappa shape index (κ2) is 8.94. The second-order valence-corrected chi connectivity index (χ2v) is 7.70. The fraction of sp³-hybridized carbons (Fsp3) is 0.478. The molecule has 25 heavy (non-hydrogen) atoms. The summed E-state index contributed by atoms with van der Waals surface area (Å²) >= 11 is 0. The van der Waals surface area contributed by atoms with Gasteiger partial charge in [-0.25, -0.2) is 0 Å². The van der Waals surface area contributed by atoms with Gasteiger partial charge in [0, 0.05) is 39.6 Å². The van der Waals surface area contributed by atoms with E-state index in [0.29, 0.717) is 11.8 Å². The summed E-state index contributed by atoms with van der Waals surface area (Å²) in [5.74, 6) is 1.25. The lowest BCUT2D eigenvalue weighted by molar-refractivity contribution is 0.561. The highest BCUT2D eigenvalue weighted by atomic mass is 15.1. The minimum absolute atomic E-state index is 0.625. The average Bonchev–Trinajstić information content (AvgIpc) is 2.61. The summed E-state index contributed by atoms with van der Waals surface area (Å²) in [5.41, 5.74) is 5.44. The van der Waals surface area contributed by atoms with Crippen molar-refractivity contribution < 1.29 is 0 Å². The zero-order valence-electron chi connectivity index (χ0n) is 16.8. The van der Waals surface area contributed by atoms with Crippen molar-refractivity contribution in [3.05, 3.63) is 59.7 Å². The molecule has 0 N–H and O–H groups in total. The lowest BCUT2D eigenvalue weighted by Crippen LogP contribution is -2.08. The van der Waals surface area contributed by atoms with Gasteiger partial charge in [-0.3, -0.25) is 0 Å². The predicted molar refractivity (Wildman–Crippen MR) is 112 cm³/mol. The van der Waals surface area contributed by atoms with Gasteiger partial charge in [0.2, 0.25) is 0 Å². The standard InChI is InChI=1S/C23H34N2/c1-18(20-10-14-22(15-11-20)24(3)4)8-7-9-19(2)21-12-16-23(17-13-21)25(5)6/h10-19H,7-9H2,1-6H3. The van der Waals surface area contributed by atoms with E-state index in [-0.39, 0.29) is 0 Å². The van der Waals surface area contributed by atoms with Gasteiger partial charge >= 0.3 is 0 Å². The third-order valence-corrected chi connectivity index (χ3v) is 5.23. The molecule has 0 aliphatic rings. The number of rotatable bonds is 8. The number of benzene rings is 2. The summed E-state index contributed by atoms with van der Waals surface area (Å²) in [6.07, 6.45) is 3.77. The summed E-state index contributed by atoms with van der Waals surface area (Å²) in [7, 11) is 8.35. The van der Waals surface area contributed by atoms with Crippen LogP contribution in [0.25, 0.3) is 0 Å². The van der Waals surface area contributed by atoms with Gasteiger partial charge in [0.15, 0.2) is 0 Å². The van der Waals surface area contributed by atoms with E-state index < -0.39 is 0 Å². The van der Waals surface area contributed by atoms with Crippen molar-refractivity contribution >= 4 is 11.4 Å². The SMILES string of the molecule is CC(CCCC(C)c1ccc(N(C)C)cc1)c1ccc(N(C)C)cc1. The van der Waals surface area contributed by atoms with E-state index in [4.69, 9.17) is 0 Å². The third kappa shape index (κ3) is 5.52. The lowest BCUT2D eigenvalue weighted by Gasteiger charge is -2.18. The Kier molecular flexibility index (Phi) is 6.92. The summed E-state index contributed by atoms with van der Waals surface area (Å²) in [4.78, 5) is 4.30. The summed E-state index contributed by atoms with van der Waals surface area (Å²) < 4.78 is 0. The number of nitrogens with zero attached hydrogens (tertiary/aromatic N) is 2. The van der Waals surface area contributed by atoms with Crippen molar-refractivity contribution in [3.63, 3.8) is 0 Å². The van der Waals surface area contributed by atoms with Crippen molar-refractivity contribution in [2.24, 2.45) is 0 Å². The van der Waals surface area contributed by atoms with Crippen LogP contribution in [0.1, 0.15) is 56.1 Å². The Labute approximate surface area is 154 Å². The summed E-state index contributed by atoms with van der Waals surface area (Å²) in [5, 5.41) is 0. The number of hydrogen-bond donors (Lipinski definition) is 0. The molecule has 0 fully saturated rings. The van der Waals surface area contributed by atoms with Crippen LogP contribution in [0.15, 0.2) is 48.5 Å². The van der Waals surface area contributed by atoms with Gasteiger partial charge in [-0.15, -0.1) is 0 Å². The molecule has 0 amide bonds. The Bertz CT molecular complexity index is 569. The Morgan fingerprint density at radius 2 is 0.920 bits per heavy atom. The zero-order chi connectivity index (χ0) is 18.4. The van der Waals surface area contributed by atoms with Crippen LogP contribution < -0.4 is 9.80 Å². The maximum Gasteiger partial charge on any atom is 0.0361 e. The molecule has 2 heteroatoms. The molecule has 2 aromatic carbocycles. The molecule has 2 unspecified atom stereocenters. The van der Waals surface area contributed by atoms with Crippen molar-refractivity contribution in [3.8, 4) is 0 Å². The molecule has 0 radical (unpaired) electrons. The molecule has 0 bridgehead atoms. The highest BCUT2D eigenvalue weighted by Crippen LogP contribution is 2.28. The van der Waals surface area contributed by atoms with Crippen molar-refractivity contribution in [1.82, 2.24) is 0 Å². The molecule has 0 saturated heterocycles. The van der Waals surface area contributed by atoms with Crippen molar-refractivity contribution in [1.29, 1.82) is 0 Å². The summed E-state index contributed by atoms with van der Waals surface area (Å²) in [6.45, 7) is 4.70. The average molecular weight is 339 g/mol. The number of hydrogen-bond acceptors (Lipinski definition) is 2. The molecule has 0 aromatic heterocycles. The molecule has 0 aliphatic heterocycles. The van der Waals surface area contributed by atoms with Crippen LogP contribution in [-0.4, -0.2) is 28.2 Å². The molecule has 0 aliphatic carbocycles. The van der Waals surface area contributed by atoms with E-state index in [1.165, 1.54) is 41.8 Å². The van der Waals surface area contributed by atoms with Gasteiger partial charge in [-0.1, -0.05) is 44.5 Å². The highest BCUT2D eigenvalue weighted by Gasteiger charge is 2.09. The first-order chi connectivity index (χ1) is 11.9.